The van der Waals surface area contributed by atoms with Crippen LogP contribution in [-0.4, -0.2) is 4.98 Å². The monoisotopic (exact) mass is 194 g/mol. The van der Waals surface area contributed by atoms with Gasteiger partial charge in [-0.25, -0.2) is 4.98 Å². The van der Waals surface area contributed by atoms with Gasteiger partial charge < -0.3 is 0 Å². The Morgan fingerprint density at radius 2 is 2.08 bits per heavy atom. The number of hydrogen-bond acceptors (Lipinski definition) is 3. The summed E-state index contributed by atoms with van der Waals surface area (Å²) in [5, 5.41) is 9.90. The van der Waals surface area contributed by atoms with E-state index in [2.05, 4.69) is 24.9 Å². The van der Waals surface area contributed by atoms with Crippen molar-refractivity contribution < 1.29 is 0 Å². The second kappa shape index (κ2) is 4.38. The van der Waals surface area contributed by atoms with E-state index in [0.717, 1.165) is 28.4 Å². The molecule has 0 spiro atoms. The molecule has 0 radical (unpaired) electrons. The lowest BCUT2D eigenvalue weighted by Gasteiger charge is -2.06. The van der Waals surface area contributed by atoms with Crippen LogP contribution in [-0.2, 0) is 0 Å². The van der Waals surface area contributed by atoms with Gasteiger partial charge in [-0.3, -0.25) is 0 Å². The van der Waals surface area contributed by atoms with Crippen molar-refractivity contribution in [3.63, 3.8) is 0 Å². The van der Waals surface area contributed by atoms with Crippen LogP contribution < -0.4 is 0 Å². The van der Waals surface area contributed by atoms with E-state index in [9.17, 15) is 0 Å². The van der Waals surface area contributed by atoms with E-state index >= 15 is 0 Å². The average molecular weight is 194 g/mol. The first-order valence-corrected chi connectivity index (χ1v) is 5.41. The van der Waals surface area contributed by atoms with Crippen molar-refractivity contribution in [3.8, 4) is 6.07 Å². The Kier molecular flexibility index (Phi) is 3.44. The van der Waals surface area contributed by atoms with Crippen molar-refractivity contribution in [3.05, 3.63) is 15.6 Å². The molecular weight excluding hydrogens is 180 g/mol. The van der Waals surface area contributed by atoms with E-state index in [0.29, 0.717) is 5.92 Å². The number of rotatable bonds is 3. The summed E-state index contributed by atoms with van der Waals surface area (Å²) in [6.07, 6.45) is 2.21. The predicted octanol–water partition coefficient (Wildman–Crippen LogP) is 3.23. The Morgan fingerprint density at radius 3 is 2.46 bits per heavy atom. The SMILES string of the molecule is CCC(CC)c1nc(C)c(C#N)s1. The Labute approximate surface area is 83.2 Å². The van der Waals surface area contributed by atoms with Gasteiger partial charge in [-0.15, -0.1) is 11.3 Å². The van der Waals surface area contributed by atoms with E-state index in [1.807, 2.05) is 6.92 Å². The molecule has 1 aromatic heterocycles. The van der Waals surface area contributed by atoms with Gasteiger partial charge in [-0.2, -0.15) is 5.26 Å². The Balaban J connectivity index is 2.96. The van der Waals surface area contributed by atoms with Gasteiger partial charge in [-0.05, 0) is 19.8 Å². The third-order valence-corrected chi connectivity index (χ3v) is 3.47. The Morgan fingerprint density at radius 1 is 1.46 bits per heavy atom. The van der Waals surface area contributed by atoms with Crippen LogP contribution >= 0.6 is 11.3 Å². The first-order valence-electron chi connectivity index (χ1n) is 4.60. The molecule has 0 fully saturated rings. The highest BCUT2D eigenvalue weighted by atomic mass is 32.1. The van der Waals surface area contributed by atoms with Crippen molar-refractivity contribution in [2.24, 2.45) is 0 Å². The molecule has 0 saturated carbocycles. The molecule has 0 atom stereocenters. The number of thiazole rings is 1. The van der Waals surface area contributed by atoms with Gasteiger partial charge in [0.2, 0.25) is 0 Å². The molecule has 0 aromatic carbocycles. The van der Waals surface area contributed by atoms with Gasteiger partial charge in [0.15, 0.2) is 0 Å². The van der Waals surface area contributed by atoms with E-state index in [-0.39, 0.29) is 0 Å². The molecule has 0 N–H and O–H groups in total. The fraction of sp³-hybridized carbons (Fsp3) is 0.600. The zero-order valence-corrected chi connectivity index (χ0v) is 9.11. The molecule has 0 saturated heterocycles. The largest absolute Gasteiger partial charge is 0.245 e. The lowest BCUT2D eigenvalue weighted by Crippen LogP contribution is -1.93. The van der Waals surface area contributed by atoms with Crippen LogP contribution in [0.15, 0.2) is 0 Å². The third-order valence-electron chi connectivity index (χ3n) is 2.25. The fourth-order valence-corrected chi connectivity index (χ4v) is 2.46. The molecule has 2 nitrogen and oxygen atoms in total. The van der Waals surface area contributed by atoms with Gasteiger partial charge >= 0.3 is 0 Å². The van der Waals surface area contributed by atoms with Crippen molar-refractivity contribution in [1.82, 2.24) is 4.98 Å². The maximum absolute atomic E-state index is 8.78. The molecule has 0 aliphatic heterocycles. The second-order valence-electron chi connectivity index (χ2n) is 3.09. The minimum atomic E-state index is 0.533. The summed E-state index contributed by atoms with van der Waals surface area (Å²) in [4.78, 5) is 5.19. The molecule has 0 aliphatic carbocycles. The lowest BCUT2D eigenvalue weighted by atomic mass is 10.1. The van der Waals surface area contributed by atoms with Crippen molar-refractivity contribution in [1.29, 1.82) is 5.26 Å². The molecule has 1 heterocycles. The van der Waals surface area contributed by atoms with Gasteiger partial charge in [0, 0.05) is 5.92 Å². The zero-order chi connectivity index (χ0) is 9.84. The Bertz CT molecular complexity index is 318. The summed E-state index contributed by atoms with van der Waals surface area (Å²) in [5.74, 6) is 0.533. The van der Waals surface area contributed by atoms with Crippen molar-refractivity contribution in [2.75, 3.05) is 0 Å². The molecule has 0 bridgehead atoms. The van der Waals surface area contributed by atoms with Gasteiger partial charge in [0.25, 0.3) is 0 Å². The third kappa shape index (κ3) is 2.07. The molecule has 70 valence electrons. The number of aryl methyl sites for hydroxylation is 1. The van der Waals surface area contributed by atoms with Crippen LogP contribution in [0.1, 0.15) is 48.2 Å². The number of hydrogen-bond donors (Lipinski definition) is 0. The molecule has 0 aliphatic rings. The highest BCUT2D eigenvalue weighted by Crippen LogP contribution is 2.28. The number of nitrogens with zero attached hydrogens (tertiary/aromatic N) is 2. The molecule has 0 unspecified atom stereocenters. The average Bonchev–Trinajstić information content (AvgIpc) is 2.49. The van der Waals surface area contributed by atoms with Gasteiger partial charge in [0.1, 0.15) is 10.9 Å². The normalized spacial score (nSPS) is 10.4. The molecular formula is C10H14N2S. The zero-order valence-electron chi connectivity index (χ0n) is 8.29. The van der Waals surface area contributed by atoms with Crippen molar-refractivity contribution >= 4 is 11.3 Å². The van der Waals surface area contributed by atoms with Crippen LogP contribution in [0.5, 0.6) is 0 Å². The van der Waals surface area contributed by atoms with E-state index < -0.39 is 0 Å². The van der Waals surface area contributed by atoms with E-state index in [1.54, 1.807) is 11.3 Å². The summed E-state index contributed by atoms with van der Waals surface area (Å²) < 4.78 is 0. The smallest absolute Gasteiger partial charge is 0.127 e. The fourth-order valence-electron chi connectivity index (χ4n) is 1.33. The summed E-state index contributed by atoms with van der Waals surface area (Å²) in [6.45, 7) is 6.23. The quantitative estimate of drug-likeness (QED) is 0.740. The predicted molar refractivity (Wildman–Crippen MR) is 54.9 cm³/mol. The van der Waals surface area contributed by atoms with Crippen LogP contribution in [0.2, 0.25) is 0 Å². The molecule has 13 heavy (non-hydrogen) atoms. The van der Waals surface area contributed by atoms with Gasteiger partial charge in [-0.1, -0.05) is 13.8 Å². The molecule has 1 aromatic rings. The maximum Gasteiger partial charge on any atom is 0.127 e. The van der Waals surface area contributed by atoms with Gasteiger partial charge in [0.05, 0.1) is 10.7 Å². The summed E-state index contributed by atoms with van der Waals surface area (Å²) in [7, 11) is 0. The van der Waals surface area contributed by atoms with E-state index in [4.69, 9.17) is 5.26 Å². The highest BCUT2D eigenvalue weighted by molar-refractivity contribution is 7.12. The first-order chi connectivity index (χ1) is 6.22. The minimum absolute atomic E-state index is 0.533. The molecule has 0 amide bonds. The first kappa shape index (κ1) is 10.2. The van der Waals surface area contributed by atoms with Crippen LogP contribution in [0.3, 0.4) is 0 Å². The van der Waals surface area contributed by atoms with Crippen LogP contribution in [0.4, 0.5) is 0 Å². The molecule has 3 heteroatoms. The number of nitriles is 1. The second-order valence-corrected chi connectivity index (χ2v) is 4.12. The lowest BCUT2D eigenvalue weighted by molar-refractivity contribution is 0.636. The van der Waals surface area contributed by atoms with Crippen molar-refractivity contribution in [2.45, 2.75) is 39.5 Å². The summed E-state index contributed by atoms with van der Waals surface area (Å²) in [6, 6.07) is 2.17. The summed E-state index contributed by atoms with van der Waals surface area (Å²) in [5.41, 5.74) is 0.884. The van der Waals surface area contributed by atoms with Crippen LogP contribution in [0, 0.1) is 18.3 Å². The highest BCUT2D eigenvalue weighted by Gasteiger charge is 2.13. The van der Waals surface area contributed by atoms with Crippen LogP contribution in [0.25, 0.3) is 0 Å². The summed E-state index contributed by atoms with van der Waals surface area (Å²) >= 11 is 1.54. The maximum atomic E-state index is 8.78. The topological polar surface area (TPSA) is 36.7 Å². The number of aromatic nitrogens is 1. The molecule has 1 rings (SSSR count). The Hall–Kier alpha value is -0.880. The van der Waals surface area contributed by atoms with E-state index in [1.165, 1.54) is 0 Å². The minimum Gasteiger partial charge on any atom is -0.245 e. The standard InChI is InChI=1S/C10H14N2S/c1-4-8(5-2)10-12-7(3)9(6-11)13-10/h8H,4-5H2,1-3H3.